The predicted molar refractivity (Wildman–Crippen MR) is 158 cm³/mol. The summed E-state index contributed by atoms with van der Waals surface area (Å²) in [6.45, 7) is 3.07. The van der Waals surface area contributed by atoms with Gasteiger partial charge in [0.15, 0.2) is 0 Å². The van der Waals surface area contributed by atoms with Crippen LogP contribution in [0.3, 0.4) is 0 Å². The largest absolute Gasteiger partial charge is 0.469 e. The number of nitrogens with two attached hydrogens (primary N) is 1. The van der Waals surface area contributed by atoms with Gasteiger partial charge in [0.1, 0.15) is 11.6 Å². The number of anilines is 3. The number of fused-ring (bicyclic) bond motifs is 1. The third kappa shape index (κ3) is 5.47. The van der Waals surface area contributed by atoms with E-state index < -0.39 is 0 Å². The third-order valence-electron chi connectivity index (χ3n) is 8.12. The molecule has 4 aromatic rings. The molecule has 1 amide bonds. The van der Waals surface area contributed by atoms with Crippen LogP contribution in [0.4, 0.5) is 17.2 Å². The molecule has 2 aromatic carbocycles. The fraction of sp³-hybridized carbons (Fsp3) is 0.355. The number of amides is 1. The summed E-state index contributed by atoms with van der Waals surface area (Å²) in [4.78, 5) is 36.4. The van der Waals surface area contributed by atoms with Crippen molar-refractivity contribution < 1.29 is 19.1 Å². The van der Waals surface area contributed by atoms with Gasteiger partial charge in [-0.05, 0) is 80.3 Å². The summed E-state index contributed by atoms with van der Waals surface area (Å²) in [5, 5.41) is 3.06. The lowest BCUT2D eigenvalue weighted by molar-refractivity contribution is -0.147. The number of carbonyl (C=O) groups is 2. The molecule has 2 aliphatic rings. The predicted octanol–water partition coefficient (Wildman–Crippen LogP) is 4.42. The number of nitrogens with one attached hydrogen (secondary N) is 1. The highest BCUT2D eigenvalue weighted by Gasteiger charge is 2.30. The molecule has 1 saturated heterocycles. The lowest BCUT2D eigenvalue weighted by atomic mass is 9.81. The van der Waals surface area contributed by atoms with Crippen molar-refractivity contribution >= 4 is 40.1 Å². The maximum Gasteiger partial charge on any atom is 0.308 e. The van der Waals surface area contributed by atoms with Crippen LogP contribution in [0.2, 0.25) is 0 Å². The van der Waals surface area contributed by atoms with Gasteiger partial charge in [0.05, 0.1) is 42.8 Å². The van der Waals surface area contributed by atoms with Gasteiger partial charge in [-0.25, -0.2) is 9.97 Å². The van der Waals surface area contributed by atoms with Crippen LogP contribution in [-0.4, -0.2) is 59.8 Å². The number of hydrogen-bond donors (Lipinski definition) is 2. The summed E-state index contributed by atoms with van der Waals surface area (Å²) < 4.78 is 12.5. The van der Waals surface area contributed by atoms with E-state index in [2.05, 4.69) is 31.9 Å². The molecule has 6 rings (SSSR count). The summed E-state index contributed by atoms with van der Waals surface area (Å²) in [5.74, 6) is 0.670. The van der Waals surface area contributed by atoms with Gasteiger partial charge in [-0.1, -0.05) is 0 Å². The second-order valence-electron chi connectivity index (χ2n) is 10.6. The lowest BCUT2D eigenvalue weighted by Crippen LogP contribution is -2.36. The Bertz CT molecular complexity index is 1550. The Labute approximate surface area is 238 Å². The number of methoxy groups -OCH3 is 1. The van der Waals surface area contributed by atoms with E-state index >= 15 is 0 Å². The van der Waals surface area contributed by atoms with Crippen LogP contribution >= 0.6 is 0 Å². The van der Waals surface area contributed by atoms with Gasteiger partial charge in [-0.15, -0.1) is 0 Å². The van der Waals surface area contributed by atoms with Gasteiger partial charge in [-0.2, -0.15) is 0 Å². The lowest BCUT2D eigenvalue weighted by Gasteiger charge is -2.28. The first-order valence-electron chi connectivity index (χ1n) is 14.1. The Morgan fingerprint density at radius 3 is 2.39 bits per heavy atom. The summed E-state index contributed by atoms with van der Waals surface area (Å²) in [6.07, 6.45) is 4.36. The van der Waals surface area contributed by atoms with E-state index in [0.717, 1.165) is 46.7 Å². The molecule has 0 bridgehead atoms. The highest BCUT2D eigenvalue weighted by molar-refractivity contribution is 5.93. The van der Waals surface area contributed by atoms with Crippen LogP contribution in [0.5, 0.6) is 0 Å². The van der Waals surface area contributed by atoms with Gasteiger partial charge < -0.3 is 25.4 Å². The summed E-state index contributed by atoms with van der Waals surface area (Å²) in [7, 11) is 1.41. The quantitative estimate of drug-likeness (QED) is 0.336. The molecule has 1 aliphatic heterocycles. The number of ether oxygens (including phenoxy) is 2. The van der Waals surface area contributed by atoms with E-state index in [9.17, 15) is 9.59 Å². The number of esters is 1. The molecule has 0 atom stereocenters. The van der Waals surface area contributed by atoms with Crippen LogP contribution < -0.4 is 16.0 Å². The molecule has 41 heavy (non-hydrogen) atoms. The number of aromatic nitrogens is 3. The van der Waals surface area contributed by atoms with Gasteiger partial charge in [0.2, 0.25) is 5.91 Å². The minimum absolute atomic E-state index is 0.0203. The van der Waals surface area contributed by atoms with Crippen LogP contribution in [0.25, 0.3) is 28.1 Å². The smallest absolute Gasteiger partial charge is 0.308 e. The second kappa shape index (κ2) is 11.6. The van der Waals surface area contributed by atoms with Gasteiger partial charge in [0, 0.05) is 42.3 Å². The molecule has 10 nitrogen and oxygen atoms in total. The molecular formula is C31H34N6O4. The van der Waals surface area contributed by atoms with E-state index in [4.69, 9.17) is 20.2 Å². The molecule has 3 heterocycles. The molecule has 212 valence electrons. The van der Waals surface area contributed by atoms with Gasteiger partial charge in [0.25, 0.3) is 0 Å². The minimum atomic E-state index is -0.184. The van der Waals surface area contributed by atoms with Crippen molar-refractivity contribution in [3.05, 3.63) is 60.8 Å². The maximum absolute atomic E-state index is 13.0. The Morgan fingerprint density at radius 1 is 0.976 bits per heavy atom. The number of morpholine rings is 1. The molecule has 0 spiro atoms. The van der Waals surface area contributed by atoms with E-state index in [0.29, 0.717) is 50.5 Å². The summed E-state index contributed by atoms with van der Waals surface area (Å²) in [5.41, 5.74) is 11.6. The zero-order valence-corrected chi connectivity index (χ0v) is 23.1. The molecule has 10 heteroatoms. The van der Waals surface area contributed by atoms with Crippen molar-refractivity contribution in [1.82, 2.24) is 14.5 Å². The Morgan fingerprint density at radius 2 is 1.68 bits per heavy atom. The number of pyridine rings is 1. The fourth-order valence-electron chi connectivity index (χ4n) is 5.83. The molecule has 0 unspecified atom stereocenters. The average molecular weight is 555 g/mol. The number of carbonyl (C=O) groups excluding carboxylic acids is 2. The molecular weight excluding hydrogens is 520 g/mol. The van der Waals surface area contributed by atoms with Crippen molar-refractivity contribution in [2.75, 3.05) is 49.4 Å². The third-order valence-corrected chi connectivity index (χ3v) is 8.12. The zero-order chi connectivity index (χ0) is 28.3. The summed E-state index contributed by atoms with van der Waals surface area (Å²) in [6, 6.07) is 17.8. The topological polar surface area (TPSA) is 125 Å². The van der Waals surface area contributed by atoms with Crippen LogP contribution in [0.1, 0.15) is 25.7 Å². The molecule has 1 aliphatic carbocycles. The Balaban J connectivity index is 1.29. The standard InChI is InChI=1S/C31H34N6O4/c1-40-31(39)21-6-4-20(5-7-21)30(38)34-22-8-10-23(11-9-22)37-27-19-24(36-15-17-41-18-16-36)12-13-26(27)35-29(37)25-3-2-14-33-28(25)32/h2-3,8-14,19-21H,4-7,15-18H2,1H3,(H2,32,33)(H,34,38)/t20-,21-. The van der Waals surface area contributed by atoms with Crippen LogP contribution in [0, 0.1) is 11.8 Å². The number of imidazole rings is 1. The fourth-order valence-corrected chi connectivity index (χ4v) is 5.83. The van der Waals surface area contributed by atoms with E-state index in [1.165, 1.54) is 7.11 Å². The van der Waals surface area contributed by atoms with Crippen molar-refractivity contribution in [3.8, 4) is 17.1 Å². The zero-order valence-electron chi connectivity index (χ0n) is 23.1. The van der Waals surface area contributed by atoms with Crippen molar-refractivity contribution in [2.24, 2.45) is 11.8 Å². The molecule has 2 fully saturated rings. The highest BCUT2D eigenvalue weighted by atomic mass is 16.5. The Hall–Kier alpha value is -4.44. The average Bonchev–Trinajstić information content (AvgIpc) is 3.40. The van der Waals surface area contributed by atoms with Gasteiger partial charge >= 0.3 is 5.97 Å². The highest BCUT2D eigenvalue weighted by Crippen LogP contribution is 2.34. The van der Waals surface area contributed by atoms with Crippen molar-refractivity contribution in [3.63, 3.8) is 0 Å². The number of nitrogens with zero attached hydrogens (tertiary/aromatic N) is 4. The van der Waals surface area contributed by atoms with Crippen LogP contribution in [-0.2, 0) is 19.1 Å². The van der Waals surface area contributed by atoms with E-state index in [1.54, 1.807) is 6.20 Å². The monoisotopic (exact) mass is 554 g/mol. The molecule has 0 radical (unpaired) electrons. The van der Waals surface area contributed by atoms with Gasteiger partial charge in [-0.3, -0.25) is 14.2 Å². The first-order chi connectivity index (χ1) is 20.0. The summed E-state index contributed by atoms with van der Waals surface area (Å²) >= 11 is 0. The van der Waals surface area contributed by atoms with Crippen LogP contribution in [0.15, 0.2) is 60.8 Å². The number of rotatable bonds is 6. The first kappa shape index (κ1) is 26.8. The number of hydrogen-bond acceptors (Lipinski definition) is 8. The Kier molecular flexibility index (Phi) is 7.56. The maximum atomic E-state index is 13.0. The minimum Gasteiger partial charge on any atom is -0.469 e. The molecule has 3 N–H and O–H groups in total. The number of nitrogen functional groups attached to an aromatic ring is 1. The molecule has 1 saturated carbocycles. The number of benzene rings is 2. The van der Waals surface area contributed by atoms with Crippen molar-refractivity contribution in [2.45, 2.75) is 25.7 Å². The normalized spacial score (nSPS) is 19.2. The molecule has 2 aromatic heterocycles. The SMILES string of the molecule is COC(=O)[C@H]1CC[C@H](C(=O)Nc2ccc(-n3c(-c4cccnc4N)nc4ccc(N5CCOCC5)cc43)cc2)CC1. The van der Waals surface area contributed by atoms with E-state index in [-0.39, 0.29) is 23.7 Å². The second-order valence-corrected chi connectivity index (χ2v) is 10.6. The van der Waals surface area contributed by atoms with E-state index in [1.807, 2.05) is 42.5 Å². The first-order valence-corrected chi connectivity index (χ1v) is 14.1. The van der Waals surface area contributed by atoms with Crippen molar-refractivity contribution in [1.29, 1.82) is 0 Å².